The SMILES string of the molecule is CN1C(=O)CC[C@@H]1CN/C=C(\C=N)c1cnc2ccc(Cl)nc2c1. The number of amides is 1. The number of carbonyl (C=O) groups excluding carboxylic acids is 1. The largest absolute Gasteiger partial charge is 0.388 e. The van der Waals surface area contributed by atoms with Gasteiger partial charge in [-0.25, -0.2) is 4.98 Å². The molecule has 0 aliphatic carbocycles. The first kappa shape index (κ1) is 16.4. The number of likely N-dealkylation sites (tertiary alicyclic amines) is 1. The van der Waals surface area contributed by atoms with Crippen LogP contribution >= 0.6 is 11.6 Å². The zero-order chi connectivity index (χ0) is 17.1. The molecule has 1 fully saturated rings. The van der Waals surface area contributed by atoms with E-state index in [2.05, 4.69) is 15.3 Å². The maximum Gasteiger partial charge on any atom is 0.222 e. The molecule has 0 spiro atoms. The number of hydrogen-bond donors (Lipinski definition) is 2. The molecule has 2 aromatic heterocycles. The fourth-order valence-corrected chi connectivity index (χ4v) is 2.91. The predicted molar refractivity (Wildman–Crippen MR) is 95.1 cm³/mol. The van der Waals surface area contributed by atoms with Crippen molar-refractivity contribution in [1.82, 2.24) is 20.2 Å². The predicted octanol–water partition coefficient (Wildman–Crippen LogP) is 2.48. The average Bonchev–Trinajstić information content (AvgIpc) is 2.90. The Morgan fingerprint density at radius 1 is 1.50 bits per heavy atom. The highest BCUT2D eigenvalue weighted by molar-refractivity contribution is 6.29. The van der Waals surface area contributed by atoms with Crippen molar-refractivity contribution in [2.75, 3.05) is 13.6 Å². The Morgan fingerprint density at radius 2 is 2.33 bits per heavy atom. The van der Waals surface area contributed by atoms with Gasteiger partial charge in [0.25, 0.3) is 0 Å². The second-order valence-corrected chi connectivity index (χ2v) is 6.13. The molecule has 0 radical (unpaired) electrons. The number of halogens is 1. The highest BCUT2D eigenvalue weighted by Gasteiger charge is 2.26. The van der Waals surface area contributed by atoms with Crippen LogP contribution in [0, 0.1) is 5.41 Å². The van der Waals surface area contributed by atoms with E-state index in [0.717, 1.165) is 17.5 Å². The number of allylic oxidation sites excluding steroid dienone is 1. The number of fused-ring (bicyclic) bond motifs is 1. The lowest BCUT2D eigenvalue weighted by atomic mass is 10.1. The number of rotatable bonds is 5. The third kappa shape index (κ3) is 3.38. The van der Waals surface area contributed by atoms with E-state index in [1.54, 1.807) is 23.4 Å². The van der Waals surface area contributed by atoms with Crippen LogP contribution in [0.1, 0.15) is 18.4 Å². The molecule has 0 unspecified atom stereocenters. The second kappa shape index (κ2) is 6.97. The summed E-state index contributed by atoms with van der Waals surface area (Å²) in [4.78, 5) is 21.9. The summed E-state index contributed by atoms with van der Waals surface area (Å²) < 4.78 is 0. The van der Waals surface area contributed by atoms with Crippen LogP contribution in [0.3, 0.4) is 0 Å². The number of nitrogens with one attached hydrogen (secondary N) is 2. The molecular formula is C17H18ClN5O. The smallest absolute Gasteiger partial charge is 0.222 e. The summed E-state index contributed by atoms with van der Waals surface area (Å²) >= 11 is 5.92. The molecule has 1 aliphatic heterocycles. The number of nitrogens with zero attached hydrogens (tertiary/aromatic N) is 3. The van der Waals surface area contributed by atoms with Crippen molar-refractivity contribution in [3.05, 3.63) is 41.3 Å². The van der Waals surface area contributed by atoms with Gasteiger partial charge >= 0.3 is 0 Å². The van der Waals surface area contributed by atoms with Gasteiger partial charge in [0, 0.05) is 55.8 Å². The molecule has 124 valence electrons. The molecule has 1 amide bonds. The lowest BCUT2D eigenvalue weighted by Crippen LogP contribution is -2.35. The zero-order valence-electron chi connectivity index (χ0n) is 13.3. The van der Waals surface area contributed by atoms with Crippen LogP contribution in [0.5, 0.6) is 0 Å². The quantitative estimate of drug-likeness (QED) is 0.645. The first-order valence-electron chi connectivity index (χ1n) is 7.71. The second-order valence-electron chi connectivity index (χ2n) is 5.75. The summed E-state index contributed by atoms with van der Waals surface area (Å²) in [6.45, 7) is 0.657. The molecule has 6 nitrogen and oxygen atoms in total. The summed E-state index contributed by atoms with van der Waals surface area (Å²) in [5, 5.41) is 11.3. The van der Waals surface area contributed by atoms with Gasteiger partial charge in [-0.1, -0.05) is 11.6 Å². The van der Waals surface area contributed by atoms with Crippen LogP contribution in [-0.4, -0.2) is 46.6 Å². The van der Waals surface area contributed by atoms with Crippen molar-refractivity contribution in [1.29, 1.82) is 5.41 Å². The van der Waals surface area contributed by atoms with Gasteiger partial charge < -0.3 is 15.6 Å². The number of pyridine rings is 2. The minimum atomic E-state index is 0.180. The Bertz CT molecular complexity index is 820. The standard InChI is InChI=1S/C17H18ClN5O/c1-23-13(2-5-17(23)24)10-20-8-12(7-19)11-6-15-14(21-9-11)3-4-16(18)22-15/h3-4,6-9,13,19-20H,2,5,10H2,1H3/b12-8+,19-7?/t13-/m1/s1. The van der Waals surface area contributed by atoms with E-state index in [-0.39, 0.29) is 11.9 Å². The van der Waals surface area contributed by atoms with Crippen LogP contribution in [0.2, 0.25) is 5.15 Å². The molecule has 7 heteroatoms. The first-order chi connectivity index (χ1) is 11.6. The lowest BCUT2D eigenvalue weighted by molar-refractivity contribution is -0.127. The van der Waals surface area contributed by atoms with E-state index >= 15 is 0 Å². The molecule has 0 saturated carbocycles. The van der Waals surface area contributed by atoms with Gasteiger partial charge in [-0.15, -0.1) is 0 Å². The summed E-state index contributed by atoms with van der Waals surface area (Å²) in [6.07, 6.45) is 6.21. The van der Waals surface area contributed by atoms with E-state index in [1.165, 1.54) is 6.21 Å². The van der Waals surface area contributed by atoms with Crippen molar-refractivity contribution in [2.24, 2.45) is 0 Å². The third-order valence-electron chi connectivity index (χ3n) is 4.24. The number of carbonyl (C=O) groups is 1. The minimum Gasteiger partial charge on any atom is -0.388 e. The highest BCUT2D eigenvalue weighted by Crippen LogP contribution is 2.19. The van der Waals surface area contributed by atoms with Crippen LogP contribution in [-0.2, 0) is 4.79 Å². The molecule has 2 aromatic rings. The minimum absolute atomic E-state index is 0.180. The Morgan fingerprint density at radius 3 is 3.04 bits per heavy atom. The molecule has 2 N–H and O–H groups in total. The van der Waals surface area contributed by atoms with Gasteiger partial charge in [0.15, 0.2) is 0 Å². The molecular weight excluding hydrogens is 326 g/mol. The Kier molecular flexibility index (Phi) is 4.76. The molecule has 3 heterocycles. The van der Waals surface area contributed by atoms with Crippen molar-refractivity contribution in [3.8, 4) is 0 Å². The summed E-state index contributed by atoms with van der Waals surface area (Å²) in [7, 11) is 1.82. The van der Waals surface area contributed by atoms with E-state index in [9.17, 15) is 4.79 Å². The van der Waals surface area contributed by atoms with Crippen molar-refractivity contribution >= 4 is 40.3 Å². The maximum absolute atomic E-state index is 11.5. The molecule has 1 saturated heterocycles. The van der Waals surface area contributed by atoms with Crippen molar-refractivity contribution in [3.63, 3.8) is 0 Å². The molecule has 0 bridgehead atoms. The lowest BCUT2D eigenvalue weighted by Gasteiger charge is -2.19. The van der Waals surface area contributed by atoms with E-state index in [0.29, 0.717) is 29.2 Å². The van der Waals surface area contributed by atoms with E-state index in [1.807, 2.05) is 19.2 Å². The number of hydrogen-bond acceptors (Lipinski definition) is 5. The Balaban J connectivity index is 1.75. The first-order valence-corrected chi connectivity index (χ1v) is 8.08. The summed E-state index contributed by atoms with van der Waals surface area (Å²) in [5.74, 6) is 0.180. The molecule has 24 heavy (non-hydrogen) atoms. The third-order valence-corrected chi connectivity index (χ3v) is 4.45. The summed E-state index contributed by atoms with van der Waals surface area (Å²) in [5.41, 5.74) is 2.93. The number of aromatic nitrogens is 2. The fourth-order valence-electron chi connectivity index (χ4n) is 2.76. The molecule has 0 aromatic carbocycles. The van der Waals surface area contributed by atoms with Crippen LogP contribution in [0.4, 0.5) is 0 Å². The van der Waals surface area contributed by atoms with Crippen molar-refractivity contribution < 1.29 is 4.79 Å². The zero-order valence-corrected chi connectivity index (χ0v) is 14.0. The van der Waals surface area contributed by atoms with Crippen LogP contribution in [0.15, 0.2) is 30.6 Å². The highest BCUT2D eigenvalue weighted by atomic mass is 35.5. The van der Waals surface area contributed by atoms with Crippen LogP contribution < -0.4 is 5.32 Å². The van der Waals surface area contributed by atoms with Crippen LogP contribution in [0.25, 0.3) is 16.6 Å². The molecule has 3 rings (SSSR count). The monoisotopic (exact) mass is 343 g/mol. The van der Waals surface area contributed by atoms with Gasteiger partial charge in [-0.05, 0) is 24.6 Å². The molecule has 1 aliphatic rings. The van der Waals surface area contributed by atoms with Gasteiger partial charge in [0.05, 0.1) is 11.0 Å². The van der Waals surface area contributed by atoms with E-state index < -0.39 is 0 Å². The Hall–Kier alpha value is -2.47. The van der Waals surface area contributed by atoms with Gasteiger partial charge in [0.1, 0.15) is 5.15 Å². The van der Waals surface area contributed by atoms with Gasteiger partial charge in [0.2, 0.25) is 5.91 Å². The fraction of sp³-hybridized carbons (Fsp3) is 0.294. The van der Waals surface area contributed by atoms with E-state index in [4.69, 9.17) is 17.0 Å². The average molecular weight is 344 g/mol. The number of likely N-dealkylation sites (N-methyl/N-ethyl adjacent to an activating group) is 1. The van der Waals surface area contributed by atoms with Gasteiger partial charge in [-0.2, -0.15) is 0 Å². The maximum atomic E-state index is 11.5. The normalized spacial score (nSPS) is 18.2. The Labute approximate surface area is 145 Å². The molecule has 1 atom stereocenters. The summed E-state index contributed by atoms with van der Waals surface area (Å²) in [6, 6.07) is 5.56. The van der Waals surface area contributed by atoms with Gasteiger partial charge in [-0.3, -0.25) is 9.78 Å². The topological polar surface area (TPSA) is 82.0 Å². The van der Waals surface area contributed by atoms with Crippen molar-refractivity contribution in [2.45, 2.75) is 18.9 Å².